The van der Waals surface area contributed by atoms with Crippen molar-refractivity contribution in [1.82, 2.24) is 20.4 Å². The molecule has 160 valence electrons. The number of nitrogen functional groups attached to an aromatic ring is 1. The largest absolute Gasteiger partial charge is 0.491 e. The molecule has 2 aliphatic rings. The van der Waals surface area contributed by atoms with Crippen LogP contribution >= 0.6 is 0 Å². The van der Waals surface area contributed by atoms with Crippen molar-refractivity contribution < 1.29 is 4.74 Å². The van der Waals surface area contributed by atoms with Gasteiger partial charge in [0.15, 0.2) is 0 Å². The summed E-state index contributed by atoms with van der Waals surface area (Å²) in [5, 5.41) is 11.1. The molecule has 0 radical (unpaired) electrons. The first-order valence-corrected chi connectivity index (χ1v) is 10.7. The molecule has 2 fully saturated rings. The second-order valence-electron chi connectivity index (χ2n) is 8.23. The number of nitrogens with zero attached hydrogens (tertiary/aromatic N) is 4. The highest BCUT2D eigenvalue weighted by Crippen LogP contribution is 2.25. The molecule has 0 unspecified atom stereocenters. The van der Waals surface area contributed by atoms with Crippen molar-refractivity contribution in [2.45, 2.75) is 45.3 Å². The lowest BCUT2D eigenvalue weighted by Crippen LogP contribution is -2.47. The summed E-state index contributed by atoms with van der Waals surface area (Å²) in [6, 6.07) is 7.91. The van der Waals surface area contributed by atoms with Crippen molar-refractivity contribution in [3.8, 4) is 5.75 Å². The molecule has 2 aromatic rings. The summed E-state index contributed by atoms with van der Waals surface area (Å²) in [6.07, 6.45) is 5.03. The zero-order chi connectivity index (χ0) is 21.1. The van der Waals surface area contributed by atoms with Gasteiger partial charge >= 0.3 is 0 Å². The summed E-state index contributed by atoms with van der Waals surface area (Å²) in [4.78, 5) is 11.1. The van der Waals surface area contributed by atoms with Crippen LogP contribution in [-0.2, 0) is 0 Å². The molecule has 4 rings (SSSR count). The lowest BCUT2D eigenvalue weighted by molar-refractivity contribution is 0.149. The van der Waals surface area contributed by atoms with Gasteiger partial charge in [-0.2, -0.15) is 0 Å². The van der Waals surface area contributed by atoms with Crippen molar-refractivity contribution in [3.05, 3.63) is 41.9 Å². The first kappa shape index (κ1) is 20.6. The van der Waals surface area contributed by atoms with Gasteiger partial charge in [-0.25, -0.2) is 15.0 Å². The number of aromatic nitrogens is 2. The predicted molar refractivity (Wildman–Crippen MR) is 119 cm³/mol. The summed E-state index contributed by atoms with van der Waals surface area (Å²) in [7, 11) is 0. The fraction of sp³-hybridized carbons (Fsp3) is 0.500. The first-order valence-electron chi connectivity index (χ1n) is 10.7. The number of piperidine rings is 1. The van der Waals surface area contributed by atoms with Crippen molar-refractivity contribution in [2.24, 2.45) is 0 Å². The standard InChI is InChI=1S/C22H31N7O/c1-15(2)30-17-4-5-19(23)18(12-17)22(24)20-13-21(26-14-25-20)28-10-6-16(7-11-28)29-9-3-8-27-29/h4-5,12-16,24,27H,3,6-11,23H2,1-2H3. The fourth-order valence-corrected chi connectivity index (χ4v) is 4.16. The van der Waals surface area contributed by atoms with Crippen LogP contribution in [0.1, 0.15) is 44.4 Å². The molecule has 0 aliphatic carbocycles. The van der Waals surface area contributed by atoms with Crippen molar-refractivity contribution in [3.63, 3.8) is 0 Å². The van der Waals surface area contributed by atoms with E-state index in [0.29, 0.717) is 28.7 Å². The zero-order valence-electron chi connectivity index (χ0n) is 17.8. The summed E-state index contributed by atoms with van der Waals surface area (Å²) in [5.74, 6) is 1.57. The molecule has 4 N–H and O–H groups in total. The third-order valence-corrected chi connectivity index (χ3v) is 5.69. The highest BCUT2D eigenvalue weighted by molar-refractivity contribution is 6.13. The van der Waals surface area contributed by atoms with Gasteiger partial charge in [0, 0.05) is 49.5 Å². The lowest BCUT2D eigenvalue weighted by Gasteiger charge is -2.37. The number of rotatable bonds is 6. The maximum Gasteiger partial charge on any atom is 0.132 e. The number of nitrogens with one attached hydrogen (secondary N) is 2. The van der Waals surface area contributed by atoms with E-state index in [1.54, 1.807) is 6.07 Å². The number of hydrogen-bond donors (Lipinski definition) is 3. The van der Waals surface area contributed by atoms with E-state index in [1.165, 1.54) is 12.7 Å². The summed E-state index contributed by atoms with van der Waals surface area (Å²) >= 11 is 0. The van der Waals surface area contributed by atoms with Gasteiger partial charge in [0.2, 0.25) is 0 Å². The summed E-state index contributed by atoms with van der Waals surface area (Å²) < 4.78 is 5.76. The number of benzene rings is 1. The number of ether oxygens (including phenoxy) is 1. The van der Waals surface area contributed by atoms with E-state index in [2.05, 4.69) is 25.3 Å². The Hall–Kier alpha value is -2.71. The zero-order valence-corrected chi connectivity index (χ0v) is 17.8. The quantitative estimate of drug-likeness (QED) is 0.497. The Balaban J connectivity index is 1.48. The molecule has 1 aromatic carbocycles. The van der Waals surface area contributed by atoms with Gasteiger partial charge in [-0.1, -0.05) is 0 Å². The van der Waals surface area contributed by atoms with E-state index in [9.17, 15) is 0 Å². The average molecular weight is 410 g/mol. The van der Waals surface area contributed by atoms with Crippen LogP contribution in [0.3, 0.4) is 0 Å². The molecule has 0 amide bonds. The molecule has 0 bridgehead atoms. The minimum atomic E-state index is 0.0556. The molecule has 8 nitrogen and oxygen atoms in total. The molecule has 8 heteroatoms. The minimum absolute atomic E-state index is 0.0556. The van der Waals surface area contributed by atoms with Crippen LogP contribution in [0, 0.1) is 5.41 Å². The Labute approximate surface area is 177 Å². The SMILES string of the molecule is CC(C)Oc1ccc(N)c(C(=N)c2cc(N3CCC(N4CCCN4)CC3)ncn2)c1. The molecule has 2 saturated heterocycles. The monoisotopic (exact) mass is 409 g/mol. The maximum atomic E-state index is 8.69. The van der Waals surface area contributed by atoms with Crippen LogP contribution in [0.4, 0.5) is 11.5 Å². The normalized spacial score (nSPS) is 18.2. The lowest BCUT2D eigenvalue weighted by atomic mass is 10.0. The highest BCUT2D eigenvalue weighted by Gasteiger charge is 2.27. The van der Waals surface area contributed by atoms with Gasteiger partial charge in [-0.05, 0) is 51.3 Å². The number of hydrazine groups is 1. The van der Waals surface area contributed by atoms with Gasteiger partial charge in [-0.15, -0.1) is 0 Å². The number of hydrogen-bond acceptors (Lipinski definition) is 8. The average Bonchev–Trinajstić information content (AvgIpc) is 3.29. The molecule has 0 saturated carbocycles. The number of anilines is 2. The van der Waals surface area contributed by atoms with Crippen LogP contribution < -0.4 is 20.8 Å². The second kappa shape index (κ2) is 8.97. The van der Waals surface area contributed by atoms with Crippen LogP contribution in [0.5, 0.6) is 5.75 Å². The van der Waals surface area contributed by atoms with Crippen molar-refractivity contribution >= 4 is 17.2 Å². The van der Waals surface area contributed by atoms with E-state index in [1.807, 2.05) is 32.0 Å². The van der Waals surface area contributed by atoms with E-state index < -0.39 is 0 Å². The van der Waals surface area contributed by atoms with E-state index in [0.717, 1.165) is 44.8 Å². The topological polar surface area (TPSA) is 103 Å². The van der Waals surface area contributed by atoms with Gasteiger partial charge in [0.1, 0.15) is 17.9 Å². The molecule has 3 heterocycles. The molecule has 0 spiro atoms. The summed E-state index contributed by atoms with van der Waals surface area (Å²) in [5.41, 5.74) is 11.6. The maximum absolute atomic E-state index is 8.69. The third-order valence-electron chi connectivity index (χ3n) is 5.69. The Morgan fingerprint density at radius 1 is 1.20 bits per heavy atom. The Morgan fingerprint density at radius 2 is 2.00 bits per heavy atom. The molecule has 2 aliphatic heterocycles. The van der Waals surface area contributed by atoms with E-state index in [-0.39, 0.29) is 11.8 Å². The Morgan fingerprint density at radius 3 is 2.70 bits per heavy atom. The summed E-state index contributed by atoms with van der Waals surface area (Å²) in [6.45, 7) is 8.08. The Bertz CT molecular complexity index is 887. The van der Waals surface area contributed by atoms with Gasteiger partial charge < -0.3 is 15.4 Å². The van der Waals surface area contributed by atoms with Gasteiger partial charge in [-0.3, -0.25) is 10.8 Å². The van der Waals surface area contributed by atoms with Crippen LogP contribution in [-0.4, -0.2) is 59.0 Å². The molecule has 1 aromatic heterocycles. The van der Waals surface area contributed by atoms with Crippen molar-refractivity contribution in [2.75, 3.05) is 36.8 Å². The third kappa shape index (κ3) is 4.55. The predicted octanol–water partition coefficient (Wildman–Crippen LogP) is 2.44. The molecular formula is C22H31N7O. The molecular weight excluding hydrogens is 378 g/mol. The van der Waals surface area contributed by atoms with Gasteiger partial charge in [0.05, 0.1) is 17.5 Å². The Kier molecular flexibility index (Phi) is 6.15. The van der Waals surface area contributed by atoms with Gasteiger partial charge in [0.25, 0.3) is 0 Å². The van der Waals surface area contributed by atoms with E-state index >= 15 is 0 Å². The van der Waals surface area contributed by atoms with E-state index in [4.69, 9.17) is 15.9 Å². The highest BCUT2D eigenvalue weighted by atomic mass is 16.5. The first-order chi connectivity index (χ1) is 14.5. The van der Waals surface area contributed by atoms with Crippen LogP contribution in [0.25, 0.3) is 0 Å². The van der Waals surface area contributed by atoms with Crippen LogP contribution in [0.15, 0.2) is 30.6 Å². The molecule has 30 heavy (non-hydrogen) atoms. The van der Waals surface area contributed by atoms with Crippen molar-refractivity contribution in [1.29, 1.82) is 5.41 Å². The second-order valence-corrected chi connectivity index (χ2v) is 8.23. The minimum Gasteiger partial charge on any atom is -0.491 e. The van der Waals surface area contributed by atoms with Crippen LogP contribution in [0.2, 0.25) is 0 Å². The smallest absolute Gasteiger partial charge is 0.132 e. The molecule has 0 atom stereocenters. The number of nitrogens with two attached hydrogens (primary N) is 1. The fourth-order valence-electron chi connectivity index (χ4n) is 4.16.